The normalized spacial score (nSPS) is 11.4. The smallest absolute Gasteiger partial charge is 0.248 e. The van der Waals surface area contributed by atoms with Crippen molar-refractivity contribution in [2.45, 2.75) is 19.8 Å². The second-order valence-electron chi connectivity index (χ2n) is 3.76. The topological polar surface area (TPSA) is 50.7 Å². The molecule has 0 atom stereocenters. The molecule has 2 aromatic heterocycles. The average molecular weight is 191 g/mol. The van der Waals surface area contributed by atoms with Gasteiger partial charge in [0, 0.05) is 24.7 Å². The summed E-state index contributed by atoms with van der Waals surface area (Å²) >= 11 is 0. The van der Waals surface area contributed by atoms with E-state index >= 15 is 0 Å². The number of H-pyrrole nitrogens is 1. The van der Waals surface area contributed by atoms with E-state index in [1.165, 1.54) is 0 Å². The molecule has 0 aliphatic rings. The monoisotopic (exact) mass is 191 g/mol. The van der Waals surface area contributed by atoms with Crippen molar-refractivity contribution in [2.75, 3.05) is 0 Å². The Labute approximate surface area is 81.6 Å². The van der Waals surface area contributed by atoms with Crippen LogP contribution in [0.3, 0.4) is 0 Å². The minimum Gasteiger partial charge on any atom is -0.327 e. The van der Waals surface area contributed by atoms with Crippen LogP contribution in [0, 0.1) is 0 Å². The molecule has 0 aliphatic carbocycles. The van der Waals surface area contributed by atoms with Crippen LogP contribution >= 0.6 is 0 Å². The van der Waals surface area contributed by atoms with Gasteiger partial charge >= 0.3 is 0 Å². The van der Waals surface area contributed by atoms with Gasteiger partial charge in [0.25, 0.3) is 0 Å². The molecule has 0 bridgehead atoms. The third kappa shape index (κ3) is 1.23. The van der Waals surface area contributed by atoms with Gasteiger partial charge in [-0.25, -0.2) is 0 Å². The van der Waals surface area contributed by atoms with E-state index in [2.05, 4.69) is 23.9 Å². The number of aromatic amines is 1. The van der Waals surface area contributed by atoms with E-state index in [1.807, 2.05) is 7.05 Å². The zero-order valence-electron chi connectivity index (χ0n) is 8.53. The van der Waals surface area contributed by atoms with Crippen molar-refractivity contribution in [1.29, 1.82) is 0 Å². The highest BCUT2D eigenvalue weighted by molar-refractivity contribution is 5.81. The lowest BCUT2D eigenvalue weighted by atomic mass is 10.1. The Morgan fingerprint density at radius 3 is 2.86 bits per heavy atom. The van der Waals surface area contributed by atoms with Gasteiger partial charge in [-0.15, -0.1) is 0 Å². The molecule has 2 heterocycles. The molecule has 0 fully saturated rings. The Morgan fingerprint density at radius 2 is 2.21 bits per heavy atom. The zero-order chi connectivity index (χ0) is 10.3. The Balaban J connectivity index is 2.86. The maximum Gasteiger partial charge on any atom is 0.248 e. The molecule has 4 nitrogen and oxygen atoms in total. The predicted molar refractivity (Wildman–Crippen MR) is 55.4 cm³/mol. The number of hydrogen-bond donors (Lipinski definition) is 1. The number of fused-ring (bicyclic) bond motifs is 1. The molecule has 0 spiro atoms. The summed E-state index contributed by atoms with van der Waals surface area (Å²) < 4.78 is 1.79. The number of aromatic nitrogens is 3. The van der Waals surface area contributed by atoms with Gasteiger partial charge in [-0.1, -0.05) is 13.8 Å². The number of pyridine rings is 1. The van der Waals surface area contributed by atoms with Gasteiger partial charge in [0.15, 0.2) is 0 Å². The third-order valence-corrected chi connectivity index (χ3v) is 2.33. The molecular formula is C10H13N3O. The number of aryl methyl sites for hydroxylation is 1. The molecule has 0 aromatic carbocycles. The first kappa shape index (κ1) is 8.99. The first-order chi connectivity index (χ1) is 6.59. The van der Waals surface area contributed by atoms with Crippen molar-refractivity contribution in [2.24, 2.45) is 7.05 Å². The van der Waals surface area contributed by atoms with Crippen molar-refractivity contribution in [3.8, 4) is 0 Å². The minimum absolute atomic E-state index is 0.0765. The second kappa shape index (κ2) is 2.97. The van der Waals surface area contributed by atoms with E-state index in [4.69, 9.17) is 0 Å². The van der Waals surface area contributed by atoms with E-state index in [0.717, 1.165) is 16.6 Å². The van der Waals surface area contributed by atoms with E-state index in [-0.39, 0.29) is 5.56 Å². The Morgan fingerprint density at radius 1 is 1.50 bits per heavy atom. The van der Waals surface area contributed by atoms with Crippen LogP contribution in [0.4, 0.5) is 0 Å². The highest BCUT2D eigenvalue weighted by atomic mass is 16.1. The van der Waals surface area contributed by atoms with Crippen molar-refractivity contribution in [3.05, 3.63) is 28.3 Å². The molecule has 4 heteroatoms. The molecule has 0 radical (unpaired) electrons. The summed E-state index contributed by atoms with van der Waals surface area (Å²) in [5.74, 6) is 0.334. The number of nitrogens with one attached hydrogen (secondary N) is 1. The van der Waals surface area contributed by atoms with E-state index in [1.54, 1.807) is 16.9 Å². The average Bonchev–Trinajstić information content (AvgIpc) is 2.43. The number of rotatable bonds is 1. The SMILES string of the molecule is CC(C)c1nn(C)c2c[nH]c(=O)cc12. The summed E-state index contributed by atoms with van der Waals surface area (Å²) in [5, 5.41) is 5.34. The van der Waals surface area contributed by atoms with Gasteiger partial charge < -0.3 is 4.98 Å². The highest BCUT2D eigenvalue weighted by Gasteiger charge is 2.11. The molecule has 14 heavy (non-hydrogen) atoms. The Kier molecular flexibility index (Phi) is 1.91. The molecule has 0 saturated heterocycles. The van der Waals surface area contributed by atoms with Crippen LogP contribution in [-0.4, -0.2) is 14.8 Å². The lowest BCUT2D eigenvalue weighted by Gasteiger charge is -1.98. The van der Waals surface area contributed by atoms with E-state index < -0.39 is 0 Å². The highest BCUT2D eigenvalue weighted by Crippen LogP contribution is 2.21. The maximum absolute atomic E-state index is 11.2. The quantitative estimate of drug-likeness (QED) is 0.740. The van der Waals surface area contributed by atoms with Crippen LogP contribution in [0.1, 0.15) is 25.5 Å². The van der Waals surface area contributed by atoms with Gasteiger partial charge in [-0.2, -0.15) is 5.10 Å². The van der Waals surface area contributed by atoms with Crippen molar-refractivity contribution >= 4 is 10.9 Å². The summed E-state index contributed by atoms with van der Waals surface area (Å²) in [6, 6.07) is 1.61. The molecule has 74 valence electrons. The summed E-state index contributed by atoms with van der Waals surface area (Å²) in [4.78, 5) is 13.8. The molecule has 0 aliphatic heterocycles. The first-order valence-electron chi connectivity index (χ1n) is 4.65. The molecule has 2 aromatic rings. The lowest BCUT2D eigenvalue weighted by Crippen LogP contribution is -2.02. The summed E-state index contributed by atoms with van der Waals surface area (Å²) in [7, 11) is 1.88. The minimum atomic E-state index is -0.0765. The van der Waals surface area contributed by atoms with Gasteiger partial charge in [-0.3, -0.25) is 9.48 Å². The van der Waals surface area contributed by atoms with Gasteiger partial charge in [-0.05, 0) is 5.92 Å². The molecule has 2 rings (SSSR count). The fourth-order valence-corrected chi connectivity index (χ4v) is 1.63. The molecule has 0 saturated carbocycles. The largest absolute Gasteiger partial charge is 0.327 e. The zero-order valence-corrected chi connectivity index (χ0v) is 8.53. The van der Waals surface area contributed by atoms with Crippen LogP contribution in [0.15, 0.2) is 17.1 Å². The number of nitrogens with zero attached hydrogens (tertiary/aromatic N) is 2. The molecule has 1 N–H and O–H groups in total. The van der Waals surface area contributed by atoms with Gasteiger partial charge in [0.2, 0.25) is 5.56 Å². The fourth-order valence-electron chi connectivity index (χ4n) is 1.63. The molecule has 0 amide bonds. The Bertz CT molecular complexity index is 522. The number of hydrogen-bond acceptors (Lipinski definition) is 2. The molecule has 0 unspecified atom stereocenters. The summed E-state index contributed by atoms with van der Waals surface area (Å²) in [5.41, 5.74) is 1.87. The first-order valence-corrected chi connectivity index (χ1v) is 4.65. The van der Waals surface area contributed by atoms with Crippen molar-refractivity contribution in [3.63, 3.8) is 0 Å². The predicted octanol–water partition coefficient (Wildman–Crippen LogP) is 1.39. The van der Waals surface area contributed by atoms with Gasteiger partial charge in [0.1, 0.15) is 0 Å². The van der Waals surface area contributed by atoms with Crippen molar-refractivity contribution < 1.29 is 0 Å². The fraction of sp³-hybridized carbons (Fsp3) is 0.400. The second-order valence-corrected chi connectivity index (χ2v) is 3.76. The van der Waals surface area contributed by atoms with Crippen molar-refractivity contribution in [1.82, 2.24) is 14.8 Å². The molecular weight excluding hydrogens is 178 g/mol. The maximum atomic E-state index is 11.2. The standard InChI is InChI=1S/C10H13N3O/c1-6(2)10-7-4-9(14)11-5-8(7)13(3)12-10/h4-6H,1-3H3,(H,11,14). The van der Waals surface area contributed by atoms with Crippen LogP contribution in [0.25, 0.3) is 10.9 Å². The van der Waals surface area contributed by atoms with Gasteiger partial charge in [0.05, 0.1) is 11.2 Å². The van der Waals surface area contributed by atoms with Crippen LogP contribution in [0.5, 0.6) is 0 Å². The Hall–Kier alpha value is -1.58. The summed E-state index contributed by atoms with van der Waals surface area (Å²) in [6.07, 6.45) is 1.70. The van der Waals surface area contributed by atoms with E-state index in [0.29, 0.717) is 5.92 Å². The van der Waals surface area contributed by atoms with Crippen LogP contribution in [0.2, 0.25) is 0 Å². The van der Waals surface area contributed by atoms with Crippen LogP contribution in [-0.2, 0) is 7.05 Å². The third-order valence-electron chi connectivity index (χ3n) is 2.33. The van der Waals surface area contributed by atoms with Crippen LogP contribution < -0.4 is 5.56 Å². The van der Waals surface area contributed by atoms with E-state index in [9.17, 15) is 4.79 Å². The summed E-state index contributed by atoms with van der Waals surface area (Å²) in [6.45, 7) is 4.14. The lowest BCUT2D eigenvalue weighted by molar-refractivity contribution is 0.728.